The van der Waals surface area contributed by atoms with E-state index in [-0.39, 0.29) is 17.6 Å². The molecule has 180 valence electrons. The highest BCUT2D eigenvalue weighted by Crippen LogP contribution is 2.36. The summed E-state index contributed by atoms with van der Waals surface area (Å²) >= 11 is 0. The van der Waals surface area contributed by atoms with Crippen LogP contribution in [-0.2, 0) is 16.6 Å². The Morgan fingerprint density at radius 2 is 1.88 bits per heavy atom. The fraction of sp³-hybridized carbons (Fsp3) is 0.417. The molecule has 7 nitrogen and oxygen atoms in total. The zero-order valence-corrected chi connectivity index (χ0v) is 18.8. The minimum atomic E-state index is -4.74. The molecular weight excluding hydrogens is 449 g/mol. The van der Waals surface area contributed by atoms with Gasteiger partial charge in [-0.2, -0.15) is 18.3 Å². The first-order valence-corrected chi connectivity index (χ1v) is 11.0. The van der Waals surface area contributed by atoms with Gasteiger partial charge in [-0.05, 0) is 63.8 Å². The maximum Gasteiger partial charge on any atom is 0.418 e. The molecule has 3 aromatic rings. The Bertz CT molecular complexity index is 1220. The molecule has 2 N–H and O–H groups in total. The van der Waals surface area contributed by atoms with Crippen molar-refractivity contribution >= 4 is 28.8 Å². The number of nitrogens with zero attached hydrogens (tertiary/aromatic N) is 3. The maximum absolute atomic E-state index is 13.4. The van der Waals surface area contributed by atoms with Crippen molar-refractivity contribution in [2.75, 3.05) is 5.32 Å². The molecule has 0 aliphatic heterocycles. The van der Waals surface area contributed by atoms with Gasteiger partial charge in [-0.25, -0.2) is 0 Å². The van der Waals surface area contributed by atoms with Crippen LogP contribution in [0.15, 0.2) is 36.7 Å². The number of aldehydes is 1. The van der Waals surface area contributed by atoms with Gasteiger partial charge in [0.1, 0.15) is 12.0 Å². The smallest absolute Gasteiger partial charge is 0.386 e. The molecule has 0 radical (unpaired) electrons. The topological polar surface area (TPSA) is 97.1 Å². The Labute approximate surface area is 194 Å². The van der Waals surface area contributed by atoms with E-state index in [2.05, 4.69) is 15.4 Å². The molecule has 2 aromatic heterocycles. The van der Waals surface area contributed by atoms with E-state index in [1.165, 1.54) is 13.8 Å². The average Bonchev–Trinajstić information content (AvgIpc) is 3.20. The van der Waals surface area contributed by atoms with E-state index in [0.717, 1.165) is 50.3 Å². The largest absolute Gasteiger partial charge is 0.418 e. The van der Waals surface area contributed by atoms with E-state index in [1.54, 1.807) is 12.1 Å². The van der Waals surface area contributed by atoms with Crippen LogP contribution in [0.3, 0.4) is 0 Å². The molecule has 0 saturated heterocycles. The Morgan fingerprint density at radius 3 is 2.50 bits per heavy atom. The number of aliphatic hydroxyl groups is 1. The number of amides is 1. The molecule has 0 bridgehead atoms. The molecule has 4 rings (SSSR count). The molecule has 1 aliphatic rings. The molecule has 0 spiro atoms. The fourth-order valence-electron chi connectivity index (χ4n) is 4.39. The van der Waals surface area contributed by atoms with Gasteiger partial charge < -0.3 is 15.2 Å². The van der Waals surface area contributed by atoms with Gasteiger partial charge in [0.2, 0.25) is 0 Å². The summed E-state index contributed by atoms with van der Waals surface area (Å²) in [5, 5.41) is 18.5. The number of nitrogens with one attached hydrogen (secondary N) is 1. The molecule has 1 aromatic carbocycles. The lowest BCUT2D eigenvalue weighted by atomic mass is 9.87. The number of fused-ring (bicyclic) bond motifs is 1. The molecule has 1 aliphatic carbocycles. The van der Waals surface area contributed by atoms with E-state index < -0.39 is 28.9 Å². The number of carbonyl (C=O) groups is 2. The number of benzene rings is 1. The van der Waals surface area contributed by atoms with E-state index in [1.807, 2.05) is 10.9 Å². The summed E-state index contributed by atoms with van der Waals surface area (Å²) in [5.41, 5.74) is -2.22. The Hall–Kier alpha value is -3.27. The van der Waals surface area contributed by atoms with Crippen LogP contribution in [0.5, 0.6) is 0 Å². The highest BCUT2D eigenvalue weighted by molar-refractivity contribution is 6.05. The number of pyridine rings is 1. The van der Waals surface area contributed by atoms with E-state index in [9.17, 15) is 27.9 Å². The van der Waals surface area contributed by atoms with Crippen molar-refractivity contribution in [1.29, 1.82) is 0 Å². The number of rotatable bonds is 5. The maximum atomic E-state index is 13.4. The molecule has 1 saturated carbocycles. The van der Waals surface area contributed by atoms with E-state index in [4.69, 9.17) is 0 Å². The van der Waals surface area contributed by atoms with Crippen molar-refractivity contribution in [2.45, 2.75) is 57.3 Å². The first-order valence-electron chi connectivity index (χ1n) is 11.0. The Balaban J connectivity index is 1.70. The van der Waals surface area contributed by atoms with Crippen molar-refractivity contribution < 1.29 is 27.9 Å². The second-order valence-electron chi connectivity index (χ2n) is 9.18. The molecule has 1 amide bonds. The molecular formula is C24H25F3N4O3. The summed E-state index contributed by atoms with van der Waals surface area (Å²) in [5.74, 6) is -0.963. The Kier molecular flexibility index (Phi) is 6.20. The number of anilines is 1. The van der Waals surface area contributed by atoms with Crippen molar-refractivity contribution in [2.24, 2.45) is 5.92 Å². The normalized spacial score (nSPS) is 19.2. The summed E-state index contributed by atoms with van der Waals surface area (Å²) in [6, 6.07) is 5.25. The fourth-order valence-corrected chi connectivity index (χ4v) is 4.39. The quantitative estimate of drug-likeness (QED) is 0.515. The van der Waals surface area contributed by atoms with Crippen LogP contribution in [0.2, 0.25) is 0 Å². The van der Waals surface area contributed by atoms with E-state index in [0.29, 0.717) is 16.5 Å². The van der Waals surface area contributed by atoms with Crippen LogP contribution >= 0.6 is 0 Å². The lowest BCUT2D eigenvalue weighted by molar-refractivity contribution is -0.138. The number of carbonyl (C=O) groups excluding carboxylic acids is 2. The lowest BCUT2D eigenvalue weighted by Crippen LogP contribution is -2.23. The van der Waals surface area contributed by atoms with Crippen LogP contribution in [0.25, 0.3) is 10.9 Å². The summed E-state index contributed by atoms with van der Waals surface area (Å²) in [4.78, 5) is 27.5. The average molecular weight is 474 g/mol. The number of hydrogen-bond donors (Lipinski definition) is 2. The number of aromatic nitrogens is 3. The zero-order chi connectivity index (χ0) is 24.7. The van der Waals surface area contributed by atoms with Gasteiger partial charge >= 0.3 is 6.18 Å². The number of halogens is 3. The van der Waals surface area contributed by atoms with Gasteiger partial charge in [0.25, 0.3) is 5.91 Å². The second-order valence-corrected chi connectivity index (χ2v) is 9.18. The number of alkyl halides is 3. The van der Waals surface area contributed by atoms with Gasteiger partial charge in [0, 0.05) is 34.9 Å². The van der Waals surface area contributed by atoms with Crippen molar-refractivity contribution in [1.82, 2.24) is 14.8 Å². The van der Waals surface area contributed by atoms with Crippen LogP contribution in [0, 0.1) is 5.92 Å². The first-order chi connectivity index (χ1) is 16.0. The minimum absolute atomic E-state index is 0.0676. The molecule has 10 heteroatoms. The van der Waals surface area contributed by atoms with Crippen LogP contribution in [0.1, 0.15) is 67.2 Å². The molecule has 34 heavy (non-hydrogen) atoms. The van der Waals surface area contributed by atoms with Gasteiger partial charge in [-0.1, -0.05) is 0 Å². The number of hydrogen-bond acceptors (Lipinski definition) is 5. The predicted molar refractivity (Wildman–Crippen MR) is 119 cm³/mol. The van der Waals surface area contributed by atoms with Gasteiger partial charge in [-0.3, -0.25) is 14.5 Å². The Morgan fingerprint density at radius 1 is 1.18 bits per heavy atom. The van der Waals surface area contributed by atoms with Crippen molar-refractivity contribution in [3.8, 4) is 0 Å². The third kappa shape index (κ3) is 4.82. The third-order valence-electron chi connectivity index (χ3n) is 6.20. The zero-order valence-electron chi connectivity index (χ0n) is 18.8. The van der Waals surface area contributed by atoms with Gasteiger partial charge in [0.05, 0.1) is 22.7 Å². The lowest BCUT2D eigenvalue weighted by Gasteiger charge is -2.25. The molecule has 0 unspecified atom stereocenters. The van der Waals surface area contributed by atoms with Gasteiger partial charge in [0.15, 0.2) is 0 Å². The highest BCUT2D eigenvalue weighted by atomic mass is 19.4. The van der Waals surface area contributed by atoms with Gasteiger partial charge in [-0.15, -0.1) is 0 Å². The minimum Gasteiger partial charge on any atom is -0.386 e. The van der Waals surface area contributed by atoms with Crippen molar-refractivity contribution in [3.05, 3.63) is 53.5 Å². The molecule has 2 heterocycles. The van der Waals surface area contributed by atoms with Crippen molar-refractivity contribution in [3.63, 3.8) is 0 Å². The monoisotopic (exact) mass is 474 g/mol. The summed E-state index contributed by atoms with van der Waals surface area (Å²) in [7, 11) is 0. The van der Waals surface area contributed by atoms with Crippen LogP contribution in [0.4, 0.5) is 18.9 Å². The SMILES string of the molecule is CC(C)(O)c1cc2nn(C3CCC(C=O)CC3)cc2cc1NC(=O)c1ncccc1C(F)(F)F. The second kappa shape index (κ2) is 8.83. The summed E-state index contributed by atoms with van der Waals surface area (Å²) < 4.78 is 41.9. The third-order valence-corrected chi connectivity index (χ3v) is 6.20. The molecule has 1 fully saturated rings. The summed E-state index contributed by atoms with van der Waals surface area (Å²) in [6.07, 6.45) is 2.36. The van der Waals surface area contributed by atoms with Crippen LogP contribution in [-0.4, -0.2) is 32.1 Å². The highest BCUT2D eigenvalue weighted by Gasteiger charge is 2.36. The predicted octanol–water partition coefficient (Wildman–Crippen LogP) is 4.86. The summed E-state index contributed by atoms with van der Waals surface area (Å²) in [6.45, 7) is 3.03. The van der Waals surface area contributed by atoms with E-state index >= 15 is 0 Å². The first kappa shape index (κ1) is 23.9. The van der Waals surface area contributed by atoms with Crippen LogP contribution < -0.4 is 5.32 Å². The molecule has 0 atom stereocenters. The standard InChI is InChI=1S/C24H25F3N4O3/c1-23(2,34)18-11-19-15(12-31(30-19)16-7-5-14(13-32)6-8-16)10-20(18)29-22(33)21-17(24(25,26)27)4-3-9-28-21/h3-4,9-14,16,34H,5-8H2,1-2H3,(H,29,33).